The van der Waals surface area contributed by atoms with E-state index in [-0.39, 0.29) is 24.1 Å². The summed E-state index contributed by atoms with van der Waals surface area (Å²) in [6, 6.07) is 7.90. The van der Waals surface area contributed by atoms with Gasteiger partial charge in [0.15, 0.2) is 0 Å². The van der Waals surface area contributed by atoms with Gasteiger partial charge >= 0.3 is 6.18 Å². The van der Waals surface area contributed by atoms with Crippen LogP contribution in [0.1, 0.15) is 59.5 Å². The van der Waals surface area contributed by atoms with E-state index in [1.54, 1.807) is 25.2 Å². The molecule has 1 fully saturated rings. The van der Waals surface area contributed by atoms with Gasteiger partial charge in [-0.25, -0.2) is 14.5 Å². The fraction of sp³-hybridized carbons (Fsp3) is 0.435. The summed E-state index contributed by atoms with van der Waals surface area (Å²) in [6.45, 7) is 4.08. The standard InChI is InChI=1S/C23H23F3N6OS/c1-13-15(14(2)32-22(27-13)29-21(30-32)23(24,25)26)10-11-19(33)31-12-6-5-8-17(31)20-28-16-7-3-4-9-18(16)34-20/h3-4,7,9,17H,5-6,8,10-12H2,1-2H3. The SMILES string of the molecule is Cc1nc2nc(C(F)(F)F)nn2c(C)c1CCC(=O)N1CCCCC1c1nc2ccccc2s1. The number of fused-ring (bicyclic) bond motifs is 2. The number of carbonyl (C=O) groups is 1. The van der Waals surface area contributed by atoms with Crippen molar-refractivity contribution in [2.24, 2.45) is 0 Å². The van der Waals surface area contributed by atoms with Crippen LogP contribution in [-0.2, 0) is 17.4 Å². The van der Waals surface area contributed by atoms with E-state index in [2.05, 4.69) is 15.1 Å². The lowest BCUT2D eigenvalue weighted by Gasteiger charge is -2.34. The quantitative estimate of drug-likeness (QED) is 0.402. The minimum absolute atomic E-state index is 0.0115. The number of aryl methyl sites for hydroxylation is 2. The second-order valence-electron chi connectivity index (χ2n) is 8.52. The number of likely N-dealkylation sites (tertiary alicyclic amines) is 1. The zero-order chi connectivity index (χ0) is 24.0. The van der Waals surface area contributed by atoms with Crippen molar-refractivity contribution >= 4 is 33.2 Å². The van der Waals surface area contributed by atoms with Crippen molar-refractivity contribution in [1.29, 1.82) is 0 Å². The molecule has 1 aromatic carbocycles. The number of para-hydroxylation sites is 1. The lowest BCUT2D eigenvalue weighted by Crippen LogP contribution is -2.38. The molecular weight excluding hydrogens is 465 g/mol. The third kappa shape index (κ3) is 4.13. The Balaban J connectivity index is 1.37. The van der Waals surface area contributed by atoms with Crippen molar-refractivity contribution in [3.63, 3.8) is 0 Å². The van der Waals surface area contributed by atoms with Gasteiger partial charge in [-0.3, -0.25) is 4.79 Å². The largest absolute Gasteiger partial charge is 0.453 e. The van der Waals surface area contributed by atoms with Gasteiger partial charge in [0.2, 0.25) is 5.91 Å². The number of nitrogens with zero attached hydrogens (tertiary/aromatic N) is 6. The van der Waals surface area contributed by atoms with Gasteiger partial charge in [0.05, 0.1) is 16.3 Å². The molecule has 0 aliphatic carbocycles. The molecule has 4 aromatic rings. The van der Waals surface area contributed by atoms with Crippen LogP contribution < -0.4 is 0 Å². The van der Waals surface area contributed by atoms with Gasteiger partial charge in [-0.15, -0.1) is 16.4 Å². The molecular formula is C23H23F3N6OS. The maximum Gasteiger partial charge on any atom is 0.453 e. The molecule has 3 aromatic heterocycles. The van der Waals surface area contributed by atoms with Gasteiger partial charge < -0.3 is 4.90 Å². The first-order valence-electron chi connectivity index (χ1n) is 11.2. The van der Waals surface area contributed by atoms with Gasteiger partial charge in [0, 0.05) is 24.4 Å². The predicted octanol–water partition coefficient (Wildman–Crippen LogP) is 5.06. The summed E-state index contributed by atoms with van der Waals surface area (Å²) in [7, 11) is 0. The van der Waals surface area contributed by atoms with Crippen LogP contribution in [0.25, 0.3) is 16.0 Å². The highest BCUT2D eigenvalue weighted by Crippen LogP contribution is 2.36. The first kappa shape index (κ1) is 22.7. The highest BCUT2D eigenvalue weighted by atomic mass is 32.1. The fourth-order valence-corrected chi connectivity index (χ4v) is 5.70. The maximum atomic E-state index is 13.3. The van der Waals surface area contributed by atoms with Crippen LogP contribution >= 0.6 is 11.3 Å². The molecule has 0 bridgehead atoms. The second-order valence-corrected chi connectivity index (χ2v) is 9.59. The van der Waals surface area contributed by atoms with Crippen molar-refractivity contribution in [1.82, 2.24) is 29.5 Å². The molecule has 178 valence electrons. The van der Waals surface area contributed by atoms with Gasteiger partial charge in [-0.05, 0) is 57.2 Å². The van der Waals surface area contributed by atoms with Crippen LogP contribution in [0, 0.1) is 13.8 Å². The molecule has 1 atom stereocenters. The Morgan fingerprint density at radius 2 is 1.94 bits per heavy atom. The number of alkyl halides is 3. The average Bonchev–Trinajstić information content (AvgIpc) is 3.43. The number of carbonyl (C=O) groups excluding carboxylic acids is 1. The number of benzene rings is 1. The molecule has 0 radical (unpaired) electrons. The van der Waals surface area contributed by atoms with Crippen molar-refractivity contribution in [3.05, 3.63) is 52.0 Å². The highest BCUT2D eigenvalue weighted by molar-refractivity contribution is 7.18. The number of amides is 1. The third-order valence-corrected chi connectivity index (χ3v) is 7.45. The molecule has 4 heterocycles. The van der Waals surface area contributed by atoms with E-state index in [4.69, 9.17) is 4.98 Å². The van der Waals surface area contributed by atoms with Crippen molar-refractivity contribution in [3.8, 4) is 0 Å². The molecule has 1 amide bonds. The molecule has 1 unspecified atom stereocenters. The van der Waals surface area contributed by atoms with E-state index >= 15 is 0 Å². The van der Waals surface area contributed by atoms with E-state index in [1.165, 1.54) is 0 Å². The predicted molar refractivity (Wildman–Crippen MR) is 122 cm³/mol. The van der Waals surface area contributed by atoms with Gasteiger partial charge in [0.25, 0.3) is 11.6 Å². The lowest BCUT2D eigenvalue weighted by atomic mass is 10.0. The molecule has 1 aliphatic heterocycles. The third-order valence-electron chi connectivity index (χ3n) is 6.31. The molecule has 7 nitrogen and oxygen atoms in total. The van der Waals surface area contributed by atoms with E-state index in [9.17, 15) is 18.0 Å². The monoisotopic (exact) mass is 488 g/mol. The molecule has 0 saturated carbocycles. The number of piperidine rings is 1. The smallest absolute Gasteiger partial charge is 0.333 e. The number of hydrogen-bond donors (Lipinski definition) is 0. The molecule has 1 aliphatic rings. The number of hydrogen-bond acceptors (Lipinski definition) is 6. The van der Waals surface area contributed by atoms with Gasteiger partial charge in [0.1, 0.15) is 5.01 Å². The normalized spacial score (nSPS) is 17.1. The van der Waals surface area contributed by atoms with Crippen LogP contribution in [0.5, 0.6) is 0 Å². The van der Waals surface area contributed by atoms with E-state index < -0.39 is 12.0 Å². The van der Waals surface area contributed by atoms with E-state index in [0.717, 1.165) is 39.0 Å². The summed E-state index contributed by atoms with van der Waals surface area (Å²) in [6.07, 6.45) is -1.19. The molecule has 0 N–H and O–H groups in total. The van der Waals surface area contributed by atoms with Crippen LogP contribution in [0.2, 0.25) is 0 Å². The van der Waals surface area contributed by atoms with Gasteiger partial charge in [-0.1, -0.05) is 12.1 Å². The minimum atomic E-state index is -4.64. The van der Waals surface area contributed by atoms with Crippen LogP contribution in [-0.4, -0.2) is 41.9 Å². The molecule has 0 spiro atoms. The number of halogens is 3. The fourth-order valence-electron chi connectivity index (χ4n) is 4.59. The van der Waals surface area contributed by atoms with E-state index in [0.29, 0.717) is 29.9 Å². The van der Waals surface area contributed by atoms with Gasteiger partial charge in [-0.2, -0.15) is 18.2 Å². The summed E-state index contributed by atoms with van der Waals surface area (Å²) < 4.78 is 41.3. The topological polar surface area (TPSA) is 76.3 Å². The zero-order valence-corrected chi connectivity index (χ0v) is 19.6. The lowest BCUT2D eigenvalue weighted by molar-refractivity contribution is -0.144. The number of aromatic nitrogens is 5. The Morgan fingerprint density at radius 1 is 1.15 bits per heavy atom. The first-order chi connectivity index (χ1) is 16.2. The Bertz CT molecular complexity index is 1350. The number of rotatable bonds is 4. The Labute approximate surface area is 197 Å². The molecule has 1 saturated heterocycles. The number of thiazole rings is 1. The van der Waals surface area contributed by atoms with Crippen molar-refractivity contribution < 1.29 is 18.0 Å². The van der Waals surface area contributed by atoms with Crippen LogP contribution in [0.3, 0.4) is 0 Å². The summed E-state index contributed by atoms with van der Waals surface area (Å²) in [5.41, 5.74) is 2.73. The molecule has 34 heavy (non-hydrogen) atoms. The summed E-state index contributed by atoms with van der Waals surface area (Å²) in [5.74, 6) is -1.30. The zero-order valence-electron chi connectivity index (χ0n) is 18.8. The molecule has 5 rings (SSSR count). The van der Waals surface area contributed by atoms with Crippen molar-refractivity contribution in [2.75, 3.05) is 6.54 Å². The van der Waals surface area contributed by atoms with Crippen LogP contribution in [0.4, 0.5) is 13.2 Å². The minimum Gasteiger partial charge on any atom is -0.333 e. The van der Waals surface area contributed by atoms with Crippen molar-refractivity contribution in [2.45, 2.75) is 58.2 Å². The highest BCUT2D eigenvalue weighted by Gasteiger charge is 2.37. The maximum absolute atomic E-state index is 13.3. The summed E-state index contributed by atoms with van der Waals surface area (Å²) >= 11 is 1.62. The first-order valence-corrected chi connectivity index (χ1v) is 12.0. The molecule has 11 heteroatoms. The Morgan fingerprint density at radius 3 is 2.71 bits per heavy atom. The Hall–Kier alpha value is -3.08. The second kappa shape index (κ2) is 8.61. The van der Waals surface area contributed by atoms with E-state index in [1.807, 2.05) is 29.2 Å². The summed E-state index contributed by atoms with van der Waals surface area (Å²) in [4.78, 5) is 27.7. The average molecular weight is 489 g/mol. The van der Waals surface area contributed by atoms with Crippen LogP contribution in [0.15, 0.2) is 24.3 Å². The summed E-state index contributed by atoms with van der Waals surface area (Å²) in [5, 5.41) is 4.54. The Kier molecular flexibility index (Phi) is 5.75.